The van der Waals surface area contributed by atoms with E-state index in [1.54, 1.807) is 0 Å². The third-order valence-corrected chi connectivity index (χ3v) is 3.17. The minimum Gasteiger partial charge on any atom is -0.379 e. The van der Waals surface area contributed by atoms with Crippen molar-refractivity contribution >= 4 is 0 Å². The number of aromatic nitrogens is 1. The fourth-order valence-electron chi connectivity index (χ4n) is 2.02. The molecule has 0 aromatic carbocycles. The van der Waals surface area contributed by atoms with Crippen LogP contribution in [0, 0.1) is 0 Å². The zero-order chi connectivity index (χ0) is 12.3. The van der Waals surface area contributed by atoms with Gasteiger partial charge in [-0.1, -0.05) is 20.8 Å². The lowest BCUT2D eigenvalue weighted by atomic mass is 9.87. The molecule has 0 N–H and O–H groups in total. The first-order valence-electron chi connectivity index (χ1n) is 6.31. The van der Waals surface area contributed by atoms with Crippen molar-refractivity contribution in [3.05, 3.63) is 29.6 Å². The number of rotatable bonds is 2. The van der Waals surface area contributed by atoms with Gasteiger partial charge in [-0.05, 0) is 23.1 Å². The molecule has 0 radical (unpaired) electrons. The van der Waals surface area contributed by atoms with Crippen LogP contribution >= 0.6 is 0 Å². The Labute approximate surface area is 104 Å². The van der Waals surface area contributed by atoms with Gasteiger partial charge in [0, 0.05) is 25.8 Å². The van der Waals surface area contributed by atoms with Crippen molar-refractivity contribution in [1.29, 1.82) is 0 Å². The molecule has 1 fully saturated rings. The van der Waals surface area contributed by atoms with E-state index in [4.69, 9.17) is 4.74 Å². The van der Waals surface area contributed by atoms with Gasteiger partial charge < -0.3 is 4.74 Å². The van der Waals surface area contributed by atoms with Gasteiger partial charge in [0.05, 0.1) is 18.9 Å². The summed E-state index contributed by atoms with van der Waals surface area (Å²) in [6.45, 7) is 11.4. The predicted molar refractivity (Wildman–Crippen MR) is 69.0 cm³/mol. The molecule has 2 heterocycles. The van der Waals surface area contributed by atoms with E-state index in [2.05, 4.69) is 42.8 Å². The topological polar surface area (TPSA) is 25.4 Å². The summed E-state index contributed by atoms with van der Waals surface area (Å²) in [5.41, 5.74) is 2.72. The molecule has 1 aliphatic heterocycles. The van der Waals surface area contributed by atoms with Gasteiger partial charge in [0.2, 0.25) is 0 Å². The van der Waals surface area contributed by atoms with Crippen LogP contribution in [0.4, 0.5) is 0 Å². The molecular formula is C14H22N2O. The Balaban J connectivity index is 2.05. The molecular weight excluding hydrogens is 212 g/mol. The molecule has 0 atom stereocenters. The maximum atomic E-state index is 5.35. The number of hydrogen-bond acceptors (Lipinski definition) is 3. The Morgan fingerprint density at radius 3 is 2.65 bits per heavy atom. The minimum absolute atomic E-state index is 0.197. The number of hydrogen-bond donors (Lipinski definition) is 0. The second kappa shape index (κ2) is 5.15. The molecule has 0 spiro atoms. The number of ether oxygens (including phenoxy) is 1. The largest absolute Gasteiger partial charge is 0.379 e. The van der Waals surface area contributed by atoms with Gasteiger partial charge in [0.25, 0.3) is 0 Å². The second-order valence-corrected chi connectivity index (χ2v) is 5.67. The summed E-state index contributed by atoms with van der Waals surface area (Å²) in [5.74, 6) is 0. The summed E-state index contributed by atoms with van der Waals surface area (Å²) in [6.07, 6.45) is 1.93. The molecule has 94 valence electrons. The predicted octanol–water partition coefficient (Wildman–Crippen LogP) is 2.21. The molecule has 0 bridgehead atoms. The maximum Gasteiger partial charge on any atom is 0.0594 e. The summed E-state index contributed by atoms with van der Waals surface area (Å²) in [7, 11) is 0. The van der Waals surface area contributed by atoms with Crippen LogP contribution in [0.2, 0.25) is 0 Å². The van der Waals surface area contributed by atoms with E-state index < -0.39 is 0 Å². The molecule has 0 aliphatic carbocycles. The Morgan fingerprint density at radius 2 is 2.00 bits per heavy atom. The third-order valence-electron chi connectivity index (χ3n) is 3.17. The van der Waals surface area contributed by atoms with Crippen molar-refractivity contribution in [2.24, 2.45) is 0 Å². The number of morpholine rings is 1. The van der Waals surface area contributed by atoms with Gasteiger partial charge in [0.15, 0.2) is 0 Å². The Bertz CT molecular complexity index is 365. The summed E-state index contributed by atoms with van der Waals surface area (Å²) < 4.78 is 5.35. The normalized spacial score (nSPS) is 18.3. The lowest BCUT2D eigenvalue weighted by Crippen LogP contribution is -2.35. The average molecular weight is 234 g/mol. The van der Waals surface area contributed by atoms with Crippen LogP contribution in [0.3, 0.4) is 0 Å². The van der Waals surface area contributed by atoms with Gasteiger partial charge in [-0.15, -0.1) is 0 Å². The van der Waals surface area contributed by atoms with Crippen LogP contribution in [0.5, 0.6) is 0 Å². The van der Waals surface area contributed by atoms with Crippen LogP contribution in [0.25, 0.3) is 0 Å². The Hall–Kier alpha value is -0.930. The number of nitrogens with zero attached hydrogens (tertiary/aromatic N) is 2. The first-order valence-corrected chi connectivity index (χ1v) is 6.31. The highest BCUT2D eigenvalue weighted by Crippen LogP contribution is 2.22. The lowest BCUT2D eigenvalue weighted by molar-refractivity contribution is 0.0336. The van der Waals surface area contributed by atoms with Crippen molar-refractivity contribution in [2.45, 2.75) is 32.7 Å². The van der Waals surface area contributed by atoms with Gasteiger partial charge in [0.1, 0.15) is 0 Å². The summed E-state index contributed by atoms with van der Waals surface area (Å²) in [6, 6.07) is 4.35. The van der Waals surface area contributed by atoms with E-state index >= 15 is 0 Å². The highest BCUT2D eigenvalue weighted by Gasteiger charge is 2.16. The monoisotopic (exact) mass is 234 g/mol. The van der Waals surface area contributed by atoms with Gasteiger partial charge in [-0.25, -0.2) is 0 Å². The molecule has 1 aromatic rings. The molecule has 3 heteroatoms. The van der Waals surface area contributed by atoms with E-state index in [1.165, 1.54) is 11.3 Å². The zero-order valence-corrected chi connectivity index (χ0v) is 11.1. The van der Waals surface area contributed by atoms with E-state index in [1.807, 2.05) is 6.20 Å². The Kier molecular flexibility index (Phi) is 3.79. The smallest absolute Gasteiger partial charge is 0.0594 e. The molecule has 1 aliphatic rings. The van der Waals surface area contributed by atoms with Crippen molar-refractivity contribution in [1.82, 2.24) is 9.88 Å². The molecule has 1 aromatic heterocycles. The highest BCUT2D eigenvalue weighted by molar-refractivity contribution is 5.23. The Morgan fingerprint density at radius 1 is 1.29 bits per heavy atom. The second-order valence-electron chi connectivity index (χ2n) is 5.67. The first kappa shape index (κ1) is 12.5. The van der Waals surface area contributed by atoms with E-state index in [9.17, 15) is 0 Å². The summed E-state index contributed by atoms with van der Waals surface area (Å²) in [4.78, 5) is 6.87. The molecule has 3 nitrogen and oxygen atoms in total. The van der Waals surface area contributed by atoms with Crippen molar-refractivity contribution in [3.63, 3.8) is 0 Å². The molecule has 1 saturated heterocycles. The van der Waals surface area contributed by atoms with Crippen molar-refractivity contribution < 1.29 is 4.74 Å². The van der Waals surface area contributed by atoms with E-state index in [-0.39, 0.29) is 5.41 Å². The molecule has 0 unspecified atom stereocenters. The first-order chi connectivity index (χ1) is 8.05. The van der Waals surface area contributed by atoms with Crippen molar-refractivity contribution in [2.75, 3.05) is 26.3 Å². The molecule has 2 rings (SSSR count). The lowest BCUT2D eigenvalue weighted by Gasteiger charge is -2.27. The minimum atomic E-state index is 0.197. The van der Waals surface area contributed by atoms with E-state index in [0.717, 1.165) is 32.8 Å². The average Bonchev–Trinajstić information content (AvgIpc) is 2.29. The summed E-state index contributed by atoms with van der Waals surface area (Å²) in [5, 5.41) is 0. The third kappa shape index (κ3) is 3.51. The quantitative estimate of drug-likeness (QED) is 0.784. The molecule has 17 heavy (non-hydrogen) atoms. The van der Waals surface area contributed by atoms with Crippen LogP contribution in [-0.4, -0.2) is 36.2 Å². The van der Waals surface area contributed by atoms with Crippen LogP contribution < -0.4 is 0 Å². The van der Waals surface area contributed by atoms with Crippen LogP contribution in [0.1, 0.15) is 32.0 Å². The summed E-state index contributed by atoms with van der Waals surface area (Å²) >= 11 is 0. The SMILES string of the molecule is CC(C)(C)c1ccnc(CN2CCOCC2)c1. The van der Waals surface area contributed by atoms with E-state index in [0.29, 0.717) is 0 Å². The highest BCUT2D eigenvalue weighted by atomic mass is 16.5. The standard InChI is InChI=1S/C14H22N2O/c1-14(2,3)12-4-5-15-13(10-12)11-16-6-8-17-9-7-16/h4-5,10H,6-9,11H2,1-3H3. The number of pyridine rings is 1. The zero-order valence-electron chi connectivity index (χ0n) is 11.1. The van der Waals surface area contributed by atoms with Gasteiger partial charge in [-0.3, -0.25) is 9.88 Å². The van der Waals surface area contributed by atoms with Crippen LogP contribution in [-0.2, 0) is 16.7 Å². The maximum absolute atomic E-state index is 5.35. The van der Waals surface area contributed by atoms with Gasteiger partial charge >= 0.3 is 0 Å². The molecule has 0 saturated carbocycles. The fraction of sp³-hybridized carbons (Fsp3) is 0.643. The van der Waals surface area contributed by atoms with Crippen LogP contribution in [0.15, 0.2) is 18.3 Å². The van der Waals surface area contributed by atoms with Crippen molar-refractivity contribution in [3.8, 4) is 0 Å². The molecule has 0 amide bonds. The fourth-order valence-corrected chi connectivity index (χ4v) is 2.02. The van der Waals surface area contributed by atoms with Gasteiger partial charge in [-0.2, -0.15) is 0 Å².